The van der Waals surface area contributed by atoms with Crippen molar-refractivity contribution in [3.63, 3.8) is 0 Å². The molecule has 1 amide bonds. The largest absolute Gasteiger partial charge is 0.487 e. The zero-order chi connectivity index (χ0) is 40.4. The lowest BCUT2D eigenvalue weighted by Crippen LogP contribution is -2.42. The fourth-order valence-electron chi connectivity index (χ4n) is 7.27. The predicted molar refractivity (Wildman–Crippen MR) is 218 cm³/mol. The first-order chi connectivity index (χ1) is 26.5. The van der Waals surface area contributed by atoms with Gasteiger partial charge >= 0.3 is 5.97 Å². The van der Waals surface area contributed by atoms with Gasteiger partial charge in [0.15, 0.2) is 0 Å². The summed E-state index contributed by atoms with van der Waals surface area (Å²) in [5, 5.41) is 14.5. The van der Waals surface area contributed by atoms with Crippen molar-refractivity contribution in [3.05, 3.63) is 128 Å². The van der Waals surface area contributed by atoms with Gasteiger partial charge in [-0.2, -0.15) is 0 Å². The molecule has 0 fully saturated rings. The van der Waals surface area contributed by atoms with Gasteiger partial charge in [-0.05, 0) is 128 Å². The van der Waals surface area contributed by atoms with E-state index in [1.54, 1.807) is 19.9 Å². The molecule has 2 heterocycles. The Morgan fingerprint density at radius 3 is 2.41 bits per heavy atom. The van der Waals surface area contributed by atoms with Crippen LogP contribution in [0.15, 0.2) is 93.5 Å². The maximum atomic E-state index is 13.5. The van der Waals surface area contributed by atoms with E-state index < -0.39 is 33.5 Å². The van der Waals surface area contributed by atoms with Gasteiger partial charge in [-0.15, -0.1) is 0 Å². The number of carboxylic acids is 1. The molecule has 0 saturated carbocycles. The maximum absolute atomic E-state index is 13.5. The van der Waals surface area contributed by atoms with Gasteiger partial charge in [0.05, 0.1) is 4.90 Å². The lowest BCUT2D eigenvalue weighted by atomic mass is 9.88. The Kier molecular flexibility index (Phi) is 11.4. The second-order valence-corrected chi connectivity index (χ2v) is 16.5. The number of amides is 1. The van der Waals surface area contributed by atoms with Gasteiger partial charge < -0.3 is 25.9 Å². The highest BCUT2D eigenvalue weighted by Crippen LogP contribution is 2.42. The van der Waals surface area contributed by atoms with Crippen molar-refractivity contribution in [1.29, 1.82) is 0 Å². The number of benzene rings is 4. The van der Waals surface area contributed by atoms with Gasteiger partial charge in [-0.3, -0.25) is 14.6 Å². The topological polar surface area (TPSA) is 193 Å². The maximum Gasteiger partial charge on any atom is 0.326 e. The van der Waals surface area contributed by atoms with E-state index in [-0.39, 0.29) is 41.4 Å². The normalized spacial score (nSPS) is 14.4. The first-order valence-electron chi connectivity index (χ1n) is 18.5. The second kappa shape index (κ2) is 16.0. The standard InChI is InChI=1S/C43H47N5O7S/c1-25-26(2)38(27(3)33-20-21-43(4,5)55-37(25)33)56(53,54)48-42(44)45-22-10-15-36(41(51)52)47-40(50)35-19-18-32(46-39(35)49)24-30-13-8-9-14-34(30)31-17-16-28-11-6-7-12-29(28)23-31/h6-9,11-14,16-19,23,36H,10,15,20-22,24H2,1-5H3,(H,46,49)(H,47,50)(H,51,52)(H3,44,45,48)/t36-/m0/s1. The lowest BCUT2D eigenvalue weighted by Gasteiger charge is -2.35. The SMILES string of the molecule is Cc1c(C)c(S(=O)(=O)NC(N)=NCCC[C@H](NC(=O)c2ccc(Cc3ccccc3-c3ccc4ccccc4c3)[nH]c2=O)C(=O)O)c(C)c2c1OC(C)(C)CC2. The number of hydrogen-bond acceptors (Lipinski definition) is 7. The molecule has 6 N–H and O–H groups in total. The molecule has 0 spiro atoms. The molecule has 5 aromatic rings. The van der Waals surface area contributed by atoms with Gasteiger partial charge in [-0.25, -0.2) is 17.9 Å². The van der Waals surface area contributed by atoms with Crippen molar-refractivity contribution in [3.8, 4) is 16.9 Å². The Morgan fingerprint density at radius 1 is 0.964 bits per heavy atom. The number of aliphatic carboxylic acids is 1. The van der Waals surface area contributed by atoms with Gasteiger partial charge in [0.1, 0.15) is 23.0 Å². The lowest BCUT2D eigenvalue weighted by molar-refractivity contribution is -0.139. The molecule has 0 radical (unpaired) electrons. The van der Waals surface area contributed by atoms with E-state index in [9.17, 15) is 27.9 Å². The molecule has 292 valence electrons. The zero-order valence-electron chi connectivity index (χ0n) is 32.2. The minimum Gasteiger partial charge on any atom is -0.487 e. The minimum absolute atomic E-state index is 0.0198. The molecule has 1 atom stereocenters. The quantitative estimate of drug-likeness (QED) is 0.0572. The summed E-state index contributed by atoms with van der Waals surface area (Å²) in [6.07, 6.45) is 1.91. The van der Waals surface area contributed by atoms with Crippen LogP contribution < -0.4 is 26.1 Å². The average molecular weight is 778 g/mol. The van der Waals surface area contributed by atoms with Crippen LogP contribution in [-0.4, -0.2) is 54.5 Å². The number of nitrogens with one attached hydrogen (secondary N) is 3. The number of aliphatic imine (C=N–C) groups is 1. The summed E-state index contributed by atoms with van der Waals surface area (Å²) >= 11 is 0. The molecule has 4 aromatic carbocycles. The van der Waals surface area contributed by atoms with E-state index in [0.29, 0.717) is 35.4 Å². The van der Waals surface area contributed by atoms with E-state index in [2.05, 4.69) is 50.3 Å². The monoisotopic (exact) mass is 777 g/mol. The Labute approximate surface area is 326 Å². The predicted octanol–water partition coefficient (Wildman–Crippen LogP) is 6.07. The summed E-state index contributed by atoms with van der Waals surface area (Å²) in [7, 11) is -4.11. The number of rotatable bonds is 12. The van der Waals surface area contributed by atoms with Crippen LogP contribution in [0.4, 0.5) is 0 Å². The van der Waals surface area contributed by atoms with Crippen molar-refractivity contribution >= 4 is 38.6 Å². The number of aromatic amines is 1. The molecule has 0 aliphatic carbocycles. The fourth-order valence-corrected chi connectivity index (χ4v) is 8.80. The number of nitrogens with two attached hydrogens (primary N) is 1. The molecule has 6 rings (SSSR count). The highest BCUT2D eigenvalue weighted by molar-refractivity contribution is 7.90. The Balaban J connectivity index is 1.07. The number of fused-ring (bicyclic) bond motifs is 2. The summed E-state index contributed by atoms with van der Waals surface area (Å²) in [6, 6.07) is 24.0. The molecule has 1 aliphatic rings. The number of sulfonamides is 1. The molecule has 1 aliphatic heterocycles. The zero-order valence-corrected chi connectivity index (χ0v) is 33.0. The number of carbonyl (C=O) groups excluding carboxylic acids is 1. The number of guanidine groups is 1. The highest BCUT2D eigenvalue weighted by Gasteiger charge is 2.33. The summed E-state index contributed by atoms with van der Waals surface area (Å²) in [5.74, 6) is -1.76. The van der Waals surface area contributed by atoms with Gasteiger partial charge in [-0.1, -0.05) is 60.7 Å². The first kappa shape index (κ1) is 39.7. The van der Waals surface area contributed by atoms with E-state index in [0.717, 1.165) is 45.0 Å². The fraction of sp³-hybridized carbons (Fsp3) is 0.302. The van der Waals surface area contributed by atoms with Crippen molar-refractivity contribution < 1.29 is 27.9 Å². The third-order valence-corrected chi connectivity index (χ3v) is 12.0. The molecule has 0 saturated heterocycles. The summed E-state index contributed by atoms with van der Waals surface area (Å²) < 4.78 is 35.6. The van der Waals surface area contributed by atoms with Crippen LogP contribution in [0, 0.1) is 20.8 Å². The van der Waals surface area contributed by atoms with E-state index in [4.69, 9.17) is 10.5 Å². The minimum atomic E-state index is -4.11. The molecule has 12 nitrogen and oxygen atoms in total. The molecule has 0 bridgehead atoms. The number of nitrogens with zero attached hydrogens (tertiary/aromatic N) is 1. The molecular weight excluding hydrogens is 731 g/mol. The van der Waals surface area contributed by atoms with Gasteiger partial charge in [0.2, 0.25) is 5.96 Å². The smallest absolute Gasteiger partial charge is 0.326 e. The van der Waals surface area contributed by atoms with Gasteiger partial charge in [0, 0.05) is 18.7 Å². The number of H-pyrrole nitrogens is 1. The highest BCUT2D eigenvalue weighted by atomic mass is 32.2. The molecular formula is C43H47N5O7S. The van der Waals surface area contributed by atoms with E-state index >= 15 is 0 Å². The van der Waals surface area contributed by atoms with E-state index in [1.807, 2.05) is 57.2 Å². The van der Waals surface area contributed by atoms with Crippen LogP contribution in [0.25, 0.3) is 21.9 Å². The average Bonchev–Trinajstić information content (AvgIpc) is 3.14. The first-order valence-corrected chi connectivity index (χ1v) is 20.0. The molecule has 1 aromatic heterocycles. The summed E-state index contributed by atoms with van der Waals surface area (Å²) in [5.41, 5.74) is 11.1. The van der Waals surface area contributed by atoms with Crippen LogP contribution in [0.2, 0.25) is 0 Å². The Hall–Kier alpha value is -5.95. The van der Waals surface area contributed by atoms with Gasteiger partial charge in [0.25, 0.3) is 21.5 Å². The van der Waals surface area contributed by atoms with Crippen LogP contribution in [0.1, 0.15) is 77.0 Å². The third-order valence-electron chi connectivity index (χ3n) is 10.4. The number of pyridine rings is 1. The Morgan fingerprint density at radius 2 is 1.68 bits per heavy atom. The van der Waals surface area contributed by atoms with Crippen LogP contribution in [0.5, 0.6) is 5.75 Å². The Bertz CT molecular complexity index is 2540. The third kappa shape index (κ3) is 8.63. The van der Waals surface area contributed by atoms with Crippen LogP contribution in [-0.2, 0) is 27.7 Å². The van der Waals surface area contributed by atoms with Crippen molar-refractivity contribution in [2.45, 2.75) is 83.3 Å². The molecule has 0 unspecified atom stereocenters. The summed E-state index contributed by atoms with van der Waals surface area (Å²) in [6.45, 7) is 9.31. The number of carbonyl (C=O) groups is 2. The van der Waals surface area contributed by atoms with Crippen LogP contribution in [0.3, 0.4) is 0 Å². The van der Waals surface area contributed by atoms with Crippen molar-refractivity contribution in [1.82, 2.24) is 15.0 Å². The molecule has 56 heavy (non-hydrogen) atoms. The van der Waals surface area contributed by atoms with E-state index in [1.165, 1.54) is 6.07 Å². The number of carboxylic acid groups (broad SMARTS) is 1. The molecule has 13 heteroatoms. The number of aromatic nitrogens is 1. The number of hydrogen-bond donors (Lipinski definition) is 5. The van der Waals surface area contributed by atoms with Crippen LogP contribution >= 0.6 is 0 Å². The number of ether oxygens (including phenoxy) is 1. The van der Waals surface area contributed by atoms with Crippen molar-refractivity contribution in [2.24, 2.45) is 10.7 Å². The summed E-state index contributed by atoms with van der Waals surface area (Å²) in [4.78, 5) is 45.3. The second-order valence-electron chi connectivity index (χ2n) is 14.9. The van der Waals surface area contributed by atoms with Crippen molar-refractivity contribution in [2.75, 3.05) is 6.54 Å².